The number of thiocarbonyl (C=S) groups is 1. The van der Waals surface area contributed by atoms with Crippen LogP contribution < -0.4 is 10.6 Å². The summed E-state index contributed by atoms with van der Waals surface area (Å²) in [5, 5.41) is 5.94. The lowest BCUT2D eigenvalue weighted by Crippen LogP contribution is -2.31. The van der Waals surface area contributed by atoms with Gasteiger partial charge in [-0.05, 0) is 30.4 Å². The van der Waals surface area contributed by atoms with Crippen molar-refractivity contribution >= 4 is 46.4 Å². The molecule has 0 aliphatic carbocycles. The summed E-state index contributed by atoms with van der Waals surface area (Å²) in [5.74, 6) is -0.360. The molecule has 0 aromatic carbocycles. The van der Waals surface area contributed by atoms with Crippen molar-refractivity contribution in [3.8, 4) is 0 Å². The van der Waals surface area contributed by atoms with E-state index in [4.69, 9.17) is 35.4 Å². The maximum atomic E-state index is 12.9. The molecule has 2 N–H and O–H groups in total. The van der Waals surface area contributed by atoms with E-state index in [0.717, 1.165) is 6.07 Å². The Morgan fingerprint density at radius 1 is 1.17 bits per heavy atom. The van der Waals surface area contributed by atoms with Crippen LogP contribution in [0, 0.1) is 0 Å². The lowest BCUT2D eigenvalue weighted by Gasteiger charge is -2.14. The van der Waals surface area contributed by atoms with E-state index in [1.165, 1.54) is 18.5 Å². The van der Waals surface area contributed by atoms with Crippen LogP contribution in [0.1, 0.15) is 11.3 Å². The normalized spacial score (nSPS) is 11.2. The second-order valence-electron chi connectivity index (χ2n) is 4.58. The molecule has 0 aliphatic heterocycles. The summed E-state index contributed by atoms with van der Waals surface area (Å²) in [7, 11) is 0. The Hall–Kier alpha value is -1.64. The van der Waals surface area contributed by atoms with Crippen molar-refractivity contribution in [3.05, 3.63) is 51.9 Å². The van der Waals surface area contributed by atoms with Gasteiger partial charge < -0.3 is 10.6 Å². The molecule has 0 fully saturated rings. The highest BCUT2D eigenvalue weighted by molar-refractivity contribution is 7.80. The van der Waals surface area contributed by atoms with Crippen LogP contribution in [0.5, 0.6) is 0 Å². The van der Waals surface area contributed by atoms with Crippen molar-refractivity contribution in [1.82, 2.24) is 15.3 Å². The predicted octanol–water partition coefficient (Wildman–Crippen LogP) is 4.33. The van der Waals surface area contributed by atoms with Crippen molar-refractivity contribution in [2.24, 2.45) is 0 Å². The molecule has 2 heterocycles. The number of nitrogens with zero attached hydrogens (tertiary/aromatic N) is 2. The van der Waals surface area contributed by atoms with Crippen LogP contribution in [0.3, 0.4) is 0 Å². The molecule has 4 nitrogen and oxygen atoms in total. The van der Waals surface area contributed by atoms with E-state index >= 15 is 0 Å². The SMILES string of the molecule is FC(F)(F)c1cccnc1NC(=S)NCCc1nccc(Cl)c1Cl. The second kappa shape index (κ2) is 7.96. The number of halogens is 5. The van der Waals surface area contributed by atoms with E-state index in [1.807, 2.05) is 0 Å². The van der Waals surface area contributed by atoms with E-state index in [9.17, 15) is 13.2 Å². The summed E-state index contributed by atoms with van der Waals surface area (Å²) in [6.45, 7) is 0.313. The molecule has 128 valence electrons. The molecule has 10 heteroatoms. The smallest absolute Gasteiger partial charge is 0.362 e. The van der Waals surface area contributed by atoms with Crippen LogP contribution in [0.15, 0.2) is 30.6 Å². The zero-order valence-electron chi connectivity index (χ0n) is 12.0. The minimum atomic E-state index is -4.52. The zero-order valence-corrected chi connectivity index (χ0v) is 14.3. The lowest BCUT2D eigenvalue weighted by atomic mass is 10.2. The molecule has 0 aliphatic rings. The number of rotatable bonds is 4. The highest BCUT2D eigenvalue weighted by atomic mass is 35.5. The second-order valence-corrected chi connectivity index (χ2v) is 5.78. The lowest BCUT2D eigenvalue weighted by molar-refractivity contribution is -0.137. The molecule has 0 amide bonds. The summed E-state index contributed by atoms with van der Waals surface area (Å²) in [4.78, 5) is 7.75. The number of aromatic nitrogens is 2. The van der Waals surface area contributed by atoms with Crippen LogP contribution >= 0.6 is 35.4 Å². The Morgan fingerprint density at radius 3 is 2.62 bits per heavy atom. The zero-order chi connectivity index (χ0) is 17.7. The van der Waals surface area contributed by atoms with Gasteiger partial charge in [-0.3, -0.25) is 4.98 Å². The van der Waals surface area contributed by atoms with Gasteiger partial charge in [-0.1, -0.05) is 23.2 Å². The minimum Gasteiger partial charge on any atom is -0.362 e. The van der Waals surface area contributed by atoms with Gasteiger partial charge in [-0.25, -0.2) is 4.98 Å². The van der Waals surface area contributed by atoms with Gasteiger partial charge in [0.25, 0.3) is 0 Å². The summed E-state index contributed by atoms with van der Waals surface area (Å²) >= 11 is 16.9. The van der Waals surface area contributed by atoms with Crippen LogP contribution in [0.25, 0.3) is 0 Å². The third-order valence-corrected chi connectivity index (χ3v) is 3.99. The Labute approximate surface area is 151 Å². The monoisotopic (exact) mass is 394 g/mol. The van der Waals surface area contributed by atoms with Gasteiger partial charge in [-0.15, -0.1) is 0 Å². The number of alkyl halides is 3. The molecule has 2 rings (SSSR count). The van der Waals surface area contributed by atoms with Gasteiger partial charge in [0, 0.05) is 25.4 Å². The van der Waals surface area contributed by atoms with Gasteiger partial charge in [0.05, 0.1) is 21.3 Å². The van der Waals surface area contributed by atoms with Crippen molar-refractivity contribution in [2.75, 3.05) is 11.9 Å². The molecule has 0 saturated heterocycles. The van der Waals surface area contributed by atoms with Crippen LogP contribution in [-0.4, -0.2) is 21.6 Å². The predicted molar refractivity (Wildman–Crippen MR) is 91.4 cm³/mol. The first-order valence-corrected chi connectivity index (χ1v) is 7.81. The maximum Gasteiger partial charge on any atom is 0.419 e. The summed E-state index contributed by atoms with van der Waals surface area (Å²) in [6, 6.07) is 3.69. The summed E-state index contributed by atoms with van der Waals surface area (Å²) in [5.41, 5.74) is -0.331. The van der Waals surface area contributed by atoms with E-state index < -0.39 is 11.7 Å². The highest BCUT2D eigenvalue weighted by Crippen LogP contribution is 2.33. The van der Waals surface area contributed by atoms with E-state index in [0.29, 0.717) is 28.7 Å². The van der Waals surface area contributed by atoms with Gasteiger partial charge in [0.2, 0.25) is 0 Å². The summed E-state index contributed by atoms with van der Waals surface area (Å²) in [6.07, 6.45) is -1.36. The molecule has 0 atom stereocenters. The van der Waals surface area contributed by atoms with Gasteiger partial charge in [0.1, 0.15) is 5.82 Å². The van der Waals surface area contributed by atoms with Crippen LogP contribution in [0.2, 0.25) is 10.0 Å². The fraction of sp³-hybridized carbons (Fsp3) is 0.214. The van der Waals surface area contributed by atoms with Gasteiger partial charge in [-0.2, -0.15) is 13.2 Å². The Balaban J connectivity index is 1.94. The average Bonchev–Trinajstić information content (AvgIpc) is 2.51. The topological polar surface area (TPSA) is 49.8 Å². The standard InChI is InChI=1S/C14H11Cl2F3N4S/c15-9-3-6-20-10(11(9)16)4-7-22-13(24)23-12-8(14(17,18)19)2-1-5-21-12/h1-3,5-6H,4,7H2,(H2,21,22,23,24). The average molecular weight is 395 g/mol. The van der Waals surface area contributed by atoms with E-state index in [-0.39, 0.29) is 10.9 Å². The molecule has 24 heavy (non-hydrogen) atoms. The molecule has 0 bridgehead atoms. The largest absolute Gasteiger partial charge is 0.419 e. The molecular formula is C14H11Cl2F3N4S. The number of pyridine rings is 2. The minimum absolute atomic E-state index is 0.0114. The quantitative estimate of drug-likeness (QED) is 0.755. The van der Waals surface area contributed by atoms with Crippen molar-refractivity contribution in [2.45, 2.75) is 12.6 Å². The first-order chi connectivity index (χ1) is 11.3. The number of hydrogen-bond acceptors (Lipinski definition) is 3. The third kappa shape index (κ3) is 4.93. The van der Waals surface area contributed by atoms with Crippen molar-refractivity contribution in [1.29, 1.82) is 0 Å². The Morgan fingerprint density at radius 2 is 1.92 bits per heavy atom. The fourth-order valence-corrected chi connectivity index (χ4v) is 2.38. The number of hydrogen-bond donors (Lipinski definition) is 2. The molecule has 2 aromatic heterocycles. The number of nitrogens with one attached hydrogen (secondary N) is 2. The fourth-order valence-electron chi connectivity index (χ4n) is 1.81. The van der Waals surface area contributed by atoms with Crippen molar-refractivity contribution < 1.29 is 13.2 Å². The number of anilines is 1. The summed E-state index contributed by atoms with van der Waals surface area (Å²) < 4.78 is 38.6. The van der Waals surface area contributed by atoms with Crippen molar-refractivity contribution in [3.63, 3.8) is 0 Å². The maximum absolute atomic E-state index is 12.9. The Bertz CT molecular complexity index is 740. The van der Waals surface area contributed by atoms with Gasteiger partial charge in [0.15, 0.2) is 5.11 Å². The molecule has 0 saturated carbocycles. The molecule has 0 spiro atoms. The highest BCUT2D eigenvalue weighted by Gasteiger charge is 2.34. The molecular weight excluding hydrogens is 384 g/mol. The van der Waals surface area contributed by atoms with Gasteiger partial charge >= 0.3 is 6.18 Å². The van der Waals surface area contributed by atoms with Crippen LogP contribution in [-0.2, 0) is 12.6 Å². The Kier molecular flexibility index (Phi) is 6.20. The van der Waals surface area contributed by atoms with E-state index in [2.05, 4.69) is 20.6 Å². The molecule has 0 radical (unpaired) electrons. The first kappa shape index (κ1) is 18.7. The molecule has 0 unspecified atom stereocenters. The first-order valence-electron chi connectivity index (χ1n) is 6.65. The third-order valence-electron chi connectivity index (χ3n) is 2.91. The van der Waals surface area contributed by atoms with Crippen LogP contribution in [0.4, 0.5) is 19.0 Å². The molecule has 2 aromatic rings. The van der Waals surface area contributed by atoms with E-state index in [1.54, 1.807) is 6.07 Å².